The van der Waals surface area contributed by atoms with E-state index >= 15 is 0 Å². The Balaban J connectivity index is 2.21. The molecule has 2 rings (SSSR count). The van der Waals surface area contributed by atoms with Gasteiger partial charge in [-0.2, -0.15) is 30.5 Å². The van der Waals surface area contributed by atoms with E-state index in [0.717, 1.165) is 7.11 Å². The van der Waals surface area contributed by atoms with Crippen LogP contribution < -0.4 is 4.57 Å². The second-order valence-corrected chi connectivity index (χ2v) is 6.33. The molecule has 0 atom stereocenters. The summed E-state index contributed by atoms with van der Waals surface area (Å²) in [6, 6.07) is 2.90. The highest BCUT2D eigenvalue weighted by Gasteiger charge is 2.36. The van der Waals surface area contributed by atoms with E-state index in [1.54, 1.807) is 0 Å². The Bertz CT molecular complexity index is 726. The number of alkyl halides is 3. The highest BCUT2D eigenvalue weighted by molar-refractivity contribution is 7.85. The topological polar surface area (TPSA) is 73.0 Å². The van der Waals surface area contributed by atoms with Crippen molar-refractivity contribution in [2.45, 2.75) is 12.1 Å². The normalized spacial score (nSPS) is 12.6. The highest BCUT2D eigenvalue weighted by atomic mass is 32.2. The van der Waals surface area contributed by atoms with Crippen LogP contribution in [0.2, 0.25) is 0 Å². The Morgan fingerprint density at radius 2 is 1.95 bits per heavy atom. The third-order valence-corrected chi connectivity index (χ3v) is 4.27. The summed E-state index contributed by atoms with van der Waals surface area (Å²) in [4.78, 5) is 3.40. The minimum atomic E-state index is -4.59. The van der Waals surface area contributed by atoms with E-state index in [-0.39, 0.29) is 5.01 Å². The quantitative estimate of drug-likeness (QED) is 0.622. The van der Waals surface area contributed by atoms with Crippen molar-refractivity contribution in [2.24, 2.45) is 0 Å². The van der Waals surface area contributed by atoms with Gasteiger partial charge in [-0.1, -0.05) is 0 Å². The fourth-order valence-electron chi connectivity index (χ4n) is 1.38. The summed E-state index contributed by atoms with van der Waals surface area (Å²) in [7, 11) is -2.63. The second kappa shape index (κ2) is 5.66. The number of rotatable bonds is 4. The van der Waals surface area contributed by atoms with Crippen LogP contribution in [0.4, 0.5) is 13.2 Å². The zero-order valence-corrected chi connectivity index (χ0v) is 12.2. The first kappa shape index (κ1) is 15.8. The highest BCUT2D eigenvalue weighted by Crippen LogP contribution is 2.30. The molecule has 0 radical (unpaired) electrons. The van der Waals surface area contributed by atoms with E-state index < -0.39 is 28.0 Å². The molecule has 114 valence electrons. The van der Waals surface area contributed by atoms with E-state index in [1.165, 1.54) is 29.1 Å². The lowest BCUT2D eigenvalue weighted by atomic mass is 10.3. The minimum absolute atomic E-state index is 0.101. The summed E-state index contributed by atoms with van der Waals surface area (Å²) >= 11 is 0.620. The molecule has 0 spiro atoms. The molecule has 11 heteroatoms. The van der Waals surface area contributed by atoms with E-state index in [0.29, 0.717) is 17.1 Å². The van der Waals surface area contributed by atoms with Crippen molar-refractivity contribution in [3.63, 3.8) is 0 Å². The average Bonchev–Trinajstić information content (AvgIpc) is 2.89. The third-order valence-electron chi connectivity index (χ3n) is 2.38. The average molecular weight is 340 g/mol. The molecular formula is C10H9F3N3O3S2+. The van der Waals surface area contributed by atoms with Crippen LogP contribution in [-0.2, 0) is 26.4 Å². The van der Waals surface area contributed by atoms with Crippen molar-refractivity contribution in [1.82, 2.24) is 9.36 Å². The number of hydrogen-bond acceptors (Lipinski definition) is 6. The van der Waals surface area contributed by atoms with Crippen LogP contribution in [0.5, 0.6) is 0 Å². The SMILES string of the molecule is COS(=O)(=O)C[n+]1ccc(-c2nc(C(F)(F)F)ns2)cc1. The molecule has 0 saturated heterocycles. The minimum Gasteiger partial charge on any atom is -0.269 e. The third kappa shape index (κ3) is 3.95. The molecule has 0 fully saturated rings. The Labute approximate surface area is 122 Å². The Morgan fingerprint density at radius 1 is 1.33 bits per heavy atom. The van der Waals surface area contributed by atoms with E-state index in [4.69, 9.17) is 0 Å². The van der Waals surface area contributed by atoms with Gasteiger partial charge in [-0.15, -0.1) is 0 Å². The fraction of sp³-hybridized carbons (Fsp3) is 0.300. The van der Waals surface area contributed by atoms with Gasteiger partial charge in [0.1, 0.15) is 5.01 Å². The molecule has 0 bridgehead atoms. The van der Waals surface area contributed by atoms with E-state index in [1.807, 2.05) is 0 Å². The molecule has 2 heterocycles. The molecule has 0 aromatic carbocycles. The molecular weight excluding hydrogens is 331 g/mol. The number of halogens is 3. The molecule has 0 aliphatic rings. The maximum atomic E-state index is 12.4. The Morgan fingerprint density at radius 3 is 2.43 bits per heavy atom. The van der Waals surface area contributed by atoms with Crippen molar-refractivity contribution in [3.05, 3.63) is 30.4 Å². The number of pyridine rings is 1. The van der Waals surface area contributed by atoms with E-state index in [9.17, 15) is 21.6 Å². The first-order valence-electron chi connectivity index (χ1n) is 5.40. The lowest BCUT2D eigenvalue weighted by Crippen LogP contribution is -2.37. The van der Waals surface area contributed by atoms with Crippen LogP contribution in [0.1, 0.15) is 5.82 Å². The Hall–Kier alpha value is -1.59. The van der Waals surface area contributed by atoms with Gasteiger partial charge < -0.3 is 0 Å². The van der Waals surface area contributed by atoms with Crippen molar-refractivity contribution in [2.75, 3.05) is 7.11 Å². The van der Waals surface area contributed by atoms with Crippen molar-refractivity contribution in [3.8, 4) is 10.6 Å². The van der Waals surface area contributed by atoms with Crippen LogP contribution in [0, 0.1) is 0 Å². The summed E-state index contributed by atoms with van der Waals surface area (Å²) < 4.78 is 68.6. The first-order chi connectivity index (χ1) is 9.71. The molecule has 6 nitrogen and oxygen atoms in total. The number of aromatic nitrogens is 3. The zero-order valence-electron chi connectivity index (χ0n) is 10.5. The molecule has 0 N–H and O–H groups in total. The predicted molar refractivity (Wildman–Crippen MR) is 66.5 cm³/mol. The van der Waals surface area contributed by atoms with Gasteiger partial charge in [0, 0.05) is 17.7 Å². The summed E-state index contributed by atoms with van der Waals surface area (Å²) in [5, 5.41) is 0.101. The van der Waals surface area contributed by atoms with Crippen LogP contribution in [0.25, 0.3) is 10.6 Å². The van der Waals surface area contributed by atoms with Crippen LogP contribution in [0.3, 0.4) is 0 Å². The van der Waals surface area contributed by atoms with Gasteiger partial charge in [-0.25, -0.2) is 4.98 Å². The fourth-order valence-corrected chi connectivity index (χ4v) is 2.71. The number of nitrogens with zero attached hydrogens (tertiary/aromatic N) is 3. The largest absolute Gasteiger partial charge is 0.452 e. The molecule has 21 heavy (non-hydrogen) atoms. The molecule has 2 aromatic heterocycles. The standard InChI is InChI=1S/C10H9F3N3O3S2/c1-19-21(17,18)6-16-4-2-7(3-5-16)8-14-9(15-20-8)10(11,12)13/h2-5H,6H2,1H3/q+1. The lowest BCUT2D eigenvalue weighted by molar-refractivity contribution is -0.678. The monoisotopic (exact) mass is 340 g/mol. The van der Waals surface area contributed by atoms with Crippen LogP contribution >= 0.6 is 11.5 Å². The van der Waals surface area contributed by atoms with Gasteiger partial charge in [0.25, 0.3) is 5.88 Å². The van der Waals surface area contributed by atoms with Gasteiger partial charge >= 0.3 is 16.3 Å². The summed E-state index contributed by atoms with van der Waals surface area (Å²) in [6.45, 7) is 0. The smallest absolute Gasteiger partial charge is 0.269 e. The maximum absolute atomic E-state index is 12.4. The molecule has 2 aromatic rings. The van der Waals surface area contributed by atoms with Crippen molar-refractivity contribution < 1.29 is 30.3 Å². The number of hydrogen-bond donors (Lipinski definition) is 0. The predicted octanol–water partition coefficient (Wildman–Crippen LogP) is 1.45. The summed E-state index contributed by atoms with van der Waals surface area (Å²) in [5.41, 5.74) is 0.411. The van der Waals surface area contributed by atoms with E-state index in [2.05, 4.69) is 13.5 Å². The summed E-state index contributed by atoms with van der Waals surface area (Å²) in [5.74, 6) is -1.59. The summed E-state index contributed by atoms with van der Waals surface area (Å²) in [6.07, 6.45) is -1.78. The van der Waals surface area contributed by atoms with Gasteiger partial charge in [0.05, 0.1) is 7.11 Å². The maximum Gasteiger partial charge on any atom is 0.452 e. The van der Waals surface area contributed by atoms with Crippen LogP contribution in [0.15, 0.2) is 24.5 Å². The second-order valence-electron chi connectivity index (χ2n) is 3.88. The lowest BCUT2D eigenvalue weighted by Gasteiger charge is -1.99. The van der Waals surface area contributed by atoms with Gasteiger partial charge in [-0.3, -0.25) is 4.18 Å². The molecule has 0 aliphatic heterocycles. The first-order valence-corrected chi connectivity index (χ1v) is 7.75. The molecule has 0 unspecified atom stereocenters. The van der Waals surface area contributed by atoms with Crippen molar-refractivity contribution in [1.29, 1.82) is 0 Å². The van der Waals surface area contributed by atoms with Gasteiger partial charge in [0.15, 0.2) is 12.4 Å². The van der Waals surface area contributed by atoms with Crippen molar-refractivity contribution >= 4 is 21.7 Å². The van der Waals surface area contributed by atoms with Gasteiger partial charge in [-0.05, 0) is 11.5 Å². The zero-order chi connectivity index (χ0) is 15.7. The molecule has 0 amide bonds. The van der Waals surface area contributed by atoms with Gasteiger partial charge in [0.2, 0.25) is 5.82 Å². The van der Waals surface area contributed by atoms with Crippen LogP contribution in [-0.4, -0.2) is 24.9 Å². The molecule has 0 saturated carbocycles. The molecule has 0 aliphatic carbocycles. The Kier molecular flexibility index (Phi) is 4.25.